The standard InChI is InChI=1S/C17H21N3O3S/c1-10(2)23-15-8-13-11(7-14(15)16(18)21)3-5-19-17(13)22-9-12-4-6-24-20-12/h3,5,7-8,10,12,20H,4,6,9H2,1-2H3,(H2,18,21). The van der Waals surface area contributed by atoms with Crippen LogP contribution in [0.15, 0.2) is 24.4 Å². The van der Waals surface area contributed by atoms with E-state index in [1.165, 1.54) is 0 Å². The number of carbonyl (C=O) groups excluding carboxylic acids is 1. The summed E-state index contributed by atoms with van der Waals surface area (Å²) in [4.78, 5) is 16.1. The Morgan fingerprint density at radius 1 is 1.50 bits per heavy atom. The van der Waals surface area contributed by atoms with Crippen LogP contribution in [0.3, 0.4) is 0 Å². The van der Waals surface area contributed by atoms with Gasteiger partial charge < -0.3 is 15.2 Å². The largest absolute Gasteiger partial charge is 0.490 e. The zero-order valence-corrected chi connectivity index (χ0v) is 14.6. The number of nitrogens with two attached hydrogens (primary N) is 1. The van der Waals surface area contributed by atoms with E-state index in [2.05, 4.69) is 9.71 Å². The molecule has 0 radical (unpaired) electrons. The van der Waals surface area contributed by atoms with Crippen LogP contribution in [0.4, 0.5) is 0 Å². The molecule has 2 aromatic rings. The number of hydrogen-bond acceptors (Lipinski definition) is 6. The molecule has 24 heavy (non-hydrogen) atoms. The van der Waals surface area contributed by atoms with Gasteiger partial charge in [-0.05, 0) is 43.9 Å². The third-order valence-corrected chi connectivity index (χ3v) is 4.64. The highest BCUT2D eigenvalue weighted by Crippen LogP contribution is 2.31. The molecular weight excluding hydrogens is 326 g/mol. The van der Waals surface area contributed by atoms with Crippen LogP contribution in [0.2, 0.25) is 0 Å². The summed E-state index contributed by atoms with van der Waals surface area (Å²) in [6.07, 6.45) is 2.67. The number of pyridine rings is 1. The molecule has 1 aromatic heterocycles. The second kappa shape index (κ2) is 7.27. The number of primary amides is 1. The first-order valence-electron chi connectivity index (χ1n) is 7.94. The number of nitrogens with zero attached hydrogens (tertiary/aromatic N) is 1. The minimum absolute atomic E-state index is 0.0682. The zero-order valence-electron chi connectivity index (χ0n) is 13.7. The monoisotopic (exact) mass is 347 g/mol. The Morgan fingerprint density at radius 3 is 3.00 bits per heavy atom. The third kappa shape index (κ3) is 3.73. The summed E-state index contributed by atoms with van der Waals surface area (Å²) in [6.45, 7) is 4.36. The Balaban J connectivity index is 1.95. The van der Waals surface area contributed by atoms with Crippen molar-refractivity contribution in [2.75, 3.05) is 12.4 Å². The van der Waals surface area contributed by atoms with E-state index in [0.29, 0.717) is 29.8 Å². The highest BCUT2D eigenvalue weighted by atomic mass is 32.2. The summed E-state index contributed by atoms with van der Waals surface area (Å²) in [5.74, 6) is 1.57. The number of ether oxygens (including phenoxy) is 2. The molecule has 0 bridgehead atoms. The van der Waals surface area contributed by atoms with Gasteiger partial charge in [-0.15, -0.1) is 0 Å². The molecule has 0 spiro atoms. The van der Waals surface area contributed by atoms with Crippen molar-refractivity contribution < 1.29 is 14.3 Å². The van der Waals surface area contributed by atoms with E-state index in [1.54, 1.807) is 30.3 Å². The Kier molecular flexibility index (Phi) is 5.11. The lowest BCUT2D eigenvalue weighted by atomic mass is 10.1. The number of aromatic nitrogens is 1. The average molecular weight is 347 g/mol. The Bertz CT molecular complexity index is 745. The van der Waals surface area contributed by atoms with Crippen LogP contribution in [-0.4, -0.2) is 35.4 Å². The summed E-state index contributed by atoms with van der Waals surface area (Å²) in [5, 5.41) is 1.66. The van der Waals surface area contributed by atoms with Crippen molar-refractivity contribution in [3.63, 3.8) is 0 Å². The Labute approximate surface area is 145 Å². The lowest BCUT2D eigenvalue weighted by Crippen LogP contribution is -2.25. The van der Waals surface area contributed by atoms with Gasteiger partial charge in [-0.3, -0.25) is 9.52 Å². The number of amides is 1. The molecule has 1 aliphatic rings. The molecule has 7 heteroatoms. The fraction of sp³-hybridized carbons (Fsp3) is 0.412. The van der Waals surface area contributed by atoms with Crippen molar-refractivity contribution in [1.29, 1.82) is 0 Å². The van der Waals surface area contributed by atoms with Crippen molar-refractivity contribution in [2.45, 2.75) is 32.4 Å². The van der Waals surface area contributed by atoms with Gasteiger partial charge in [0.25, 0.3) is 5.91 Å². The molecule has 1 atom stereocenters. The van der Waals surface area contributed by atoms with Crippen LogP contribution in [0, 0.1) is 0 Å². The molecule has 128 valence electrons. The first-order valence-corrected chi connectivity index (χ1v) is 8.92. The van der Waals surface area contributed by atoms with E-state index in [0.717, 1.165) is 22.9 Å². The van der Waals surface area contributed by atoms with Crippen LogP contribution in [0.5, 0.6) is 11.6 Å². The maximum absolute atomic E-state index is 11.7. The van der Waals surface area contributed by atoms with E-state index in [-0.39, 0.29) is 6.10 Å². The summed E-state index contributed by atoms with van der Waals surface area (Å²) in [7, 11) is 0. The lowest BCUT2D eigenvalue weighted by Gasteiger charge is -2.16. The van der Waals surface area contributed by atoms with Gasteiger partial charge in [0.1, 0.15) is 12.4 Å². The number of nitrogens with one attached hydrogen (secondary N) is 1. The van der Waals surface area contributed by atoms with Crippen LogP contribution in [-0.2, 0) is 0 Å². The predicted octanol–water partition coefficient (Wildman–Crippen LogP) is 2.51. The topological polar surface area (TPSA) is 86.5 Å². The smallest absolute Gasteiger partial charge is 0.252 e. The van der Waals surface area contributed by atoms with Crippen molar-refractivity contribution in [3.05, 3.63) is 30.0 Å². The number of benzene rings is 1. The van der Waals surface area contributed by atoms with Crippen molar-refractivity contribution in [2.24, 2.45) is 5.73 Å². The summed E-state index contributed by atoms with van der Waals surface area (Å²) >= 11 is 1.71. The van der Waals surface area contributed by atoms with E-state index < -0.39 is 5.91 Å². The van der Waals surface area contributed by atoms with Crippen LogP contribution < -0.4 is 19.9 Å². The summed E-state index contributed by atoms with van der Waals surface area (Å²) in [5.41, 5.74) is 5.85. The molecule has 1 unspecified atom stereocenters. The molecule has 3 N–H and O–H groups in total. The Hall–Kier alpha value is -1.99. The second-order valence-corrected chi connectivity index (χ2v) is 6.91. The second-order valence-electron chi connectivity index (χ2n) is 5.98. The predicted molar refractivity (Wildman–Crippen MR) is 95.5 cm³/mol. The van der Waals surface area contributed by atoms with Gasteiger partial charge in [0.2, 0.25) is 5.88 Å². The molecule has 1 aromatic carbocycles. The molecule has 2 heterocycles. The van der Waals surface area contributed by atoms with E-state index >= 15 is 0 Å². The van der Waals surface area contributed by atoms with E-state index in [4.69, 9.17) is 15.2 Å². The fourth-order valence-electron chi connectivity index (χ4n) is 2.57. The van der Waals surface area contributed by atoms with Crippen molar-refractivity contribution >= 4 is 28.6 Å². The molecule has 1 aliphatic heterocycles. The quantitative estimate of drug-likeness (QED) is 0.781. The van der Waals surface area contributed by atoms with Gasteiger partial charge >= 0.3 is 0 Å². The van der Waals surface area contributed by atoms with Gasteiger partial charge in [-0.2, -0.15) is 0 Å². The highest BCUT2D eigenvalue weighted by molar-refractivity contribution is 7.97. The molecular formula is C17H21N3O3S. The average Bonchev–Trinajstić information content (AvgIpc) is 3.05. The zero-order chi connectivity index (χ0) is 17.1. The van der Waals surface area contributed by atoms with Gasteiger partial charge in [-0.1, -0.05) is 11.9 Å². The lowest BCUT2D eigenvalue weighted by molar-refractivity contribution is 0.0994. The van der Waals surface area contributed by atoms with Gasteiger partial charge in [0, 0.05) is 17.3 Å². The Morgan fingerprint density at radius 2 is 2.33 bits per heavy atom. The molecule has 0 aliphatic carbocycles. The first-order chi connectivity index (χ1) is 11.5. The highest BCUT2D eigenvalue weighted by Gasteiger charge is 2.18. The maximum atomic E-state index is 11.7. The molecule has 6 nitrogen and oxygen atoms in total. The third-order valence-electron chi connectivity index (χ3n) is 3.70. The first kappa shape index (κ1) is 16.9. The molecule has 3 rings (SSSR count). The van der Waals surface area contributed by atoms with Crippen molar-refractivity contribution in [1.82, 2.24) is 9.71 Å². The van der Waals surface area contributed by atoms with Crippen LogP contribution in [0.25, 0.3) is 10.8 Å². The minimum atomic E-state index is -0.515. The van der Waals surface area contributed by atoms with Gasteiger partial charge in [0.05, 0.1) is 17.7 Å². The number of rotatable bonds is 6. The molecule has 1 saturated heterocycles. The summed E-state index contributed by atoms with van der Waals surface area (Å²) < 4.78 is 15.0. The molecule has 1 fully saturated rings. The minimum Gasteiger partial charge on any atom is -0.490 e. The number of fused-ring (bicyclic) bond motifs is 1. The van der Waals surface area contributed by atoms with E-state index in [1.807, 2.05) is 19.9 Å². The SMILES string of the molecule is CC(C)Oc1cc2c(OCC3CCSN3)nccc2cc1C(N)=O. The number of hydrogen-bond donors (Lipinski definition) is 2. The van der Waals surface area contributed by atoms with Crippen molar-refractivity contribution in [3.8, 4) is 11.6 Å². The van der Waals surface area contributed by atoms with E-state index in [9.17, 15) is 4.79 Å². The molecule has 1 amide bonds. The molecule has 0 saturated carbocycles. The van der Waals surface area contributed by atoms with Crippen LogP contribution in [0.1, 0.15) is 30.6 Å². The van der Waals surface area contributed by atoms with Gasteiger partial charge in [-0.25, -0.2) is 4.98 Å². The summed E-state index contributed by atoms with van der Waals surface area (Å²) in [6, 6.07) is 5.67. The van der Waals surface area contributed by atoms with Gasteiger partial charge in [0.15, 0.2) is 0 Å². The van der Waals surface area contributed by atoms with Crippen LogP contribution >= 0.6 is 11.9 Å². The fourth-order valence-corrected chi connectivity index (χ4v) is 3.51. The number of carbonyl (C=O) groups is 1. The normalized spacial score (nSPS) is 17.4. The maximum Gasteiger partial charge on any atom is 0.252 e.